The molecule has 6 rings (SSSR count). The molecule has 4 aromatic carbocycles. The first kappa shape index (κ1) is 27.8. The number of piperidine rings is 1. The lowest BCUT2D eigenvalue weighted by molar-refractivity contribution is -0.129. The van der Waals surface area contributed by atoms with Gasteiger partial charge in [0, 0.05) is 18.7 Å². The Morgan fingerprint density at radius 1 is 0.738 bits per heavy atom. The highest BCUT2D eigenvalue weighted by Crippen LogP contribution is 2.43. The summed E-state index contributed by atoms with van der Waals surface area (Å²) in [5, 5.41) is 3.22. The first-order valence-electron chi connectivity index (χ1n) is 14.3. The van der Waals surface area contributed by atoms with Gasteiger partial charge < -0.3 is 10.2 Å². The Bertz CT molecular complexity index is 1570. The van der Waals surface area contributed by atoms with Gasteiger partial charge in [-0.05, 0) is 102 Å². The van der Waals surface area contributed by atoms with Crippen molar-refractivity contribution in [1.82, 2.24) is 10.2 Å². The third-order valence-electron chi connectivity index (χ3n) is 8.63. The van der Waals surface area contributed by atoms with Crippen molar-refractivity contribution in [3.05, 3.63) is 131 Å². The van der Waals surface area contributed by atoms with Crippen LogP contribution in [0.4, 0.5) is 13.2 Å². The zero-order valence-corrected chi connectivity index (χ0v) is 23.0. The molecule has 0 spiro atoms. The lowest BCUT2D eigenvalue weighted by Crippen LogP contribution is -2.53. The normalized spacial score (nSPS) is 17.0. The molecule has 1 aliphatic heterocycles. The highest BCUT2D eigenvalue weighted by atomic mass is 19.1. The molecule has 7 heteroatoms. The van der Waals surface area contributed by atoms with E-state index in [1.54, 1.807) is 47.4 Å². The number of carbonyl (C=O) groups excluding carboxylic acids is 2. The number of halogens is 3. The Kier molecular flexibility index (Phi) is 7.58. The Hall–Kier alpha value is -4.39. The topological polar surface area (TPSA) is 49.4 Å². The van der Waals surface area contributed by atoms with E-state index in [4.69, 9.17) is 0 Å². The van der Waals surface area contributed by atoms with E-state index in [9.17, 15) is 22.8 Å². The standard InChI is InChI=1S/C35H31F3N2O2/c36-29-14-10-24(11-15-29)23-4-8-26(9-5-23)33(41)40-20-18-35(19-21-40,28-12-16-30(37)17-13-28)34(42)39-32(25-6-7-25)27-2-1-3-31(38)22-27/h1-5,8-17,22,25,32H,6-7,18-21H2,(H,39,42)/t32-/m1/s1. The van der Waals surface area contributed by atoms with Crippen LogP contribution in [0.2, 0.25) is 0 Å². The number of nitrogens with zero attached hydrogens (tertiary/aromatic N) is 1. The molecule has 2 fully saturated rings. The van der Waals surface area contributed by atoms with Crippen LogP contribution in [0.25, 0.3) is 11.1 Å². The molecule has 2 aliphatic rings. The van der Waals surface area contributed by atoms with Gasteiger partial charge in [-0.3, -0.25) is 9.59 Å². The van der Waals surface area contributed by atoms with Crippen molar-refractivity contribution in [3.8, 4) is 11.1 Å². The lowest BCUT2D eigenvalue weighted by atomic mass is 9.71. The minimum atomic E-state index is -0.961. The molecule has 1 atom stereocenters. The first-order chi connectivity index (χ1) is 20.3. The van der Waals surface area contributed by atoms with Crippen LogP contribution >= 0.6 is 0 Å². The van der Waals surface area contributed by atoms with Crippen molar-refractivity contribution in [2.24, 2.45) is 5.92 Å². The van der Waals surface area contributed by atoms with Crippen molar-refractivity contribution < 1.29 is 22.8 Å². The smallest absolute Gasteiger partial charge is 0.253 e. The van der Waals surface area contributed by atoms with Crippen LogP contribution in [-0.4, -0.2) is 29.8 Å². The summed E-state index contributed by atoms with van der Waals surface area (Å²) in [6, 6.07) is 25.4. The fourth-order valence-corrected chi connectivity index (χ4v) is 6.02. The van der Waals surface area contributed by atoms with Gasteiger partial charge in [-0.1, -0.05) is 48.5 Å². The number of hydrogen-bond donors (Lipinski definition) is 1. The van der Waals surface area contributed by atoms with Crippen LogP contribution < -0.4 is 5.32 Å². The molecule has 1 heterocycles. The number of carbonyl (C=O) groups is 2. The molecular formula is C35H31F3N2O2. The van der Waals surface area contributed by atoms with E-state index >= 15 is 0 Å². The highest BCUT2D eigenvalue weighted by Gasteiger charge is 2.46. The monoisotopic (exact) mass is 568 g/mol. The van der Waals surface area contributed by atoms with Gasteiger partial charge in [0.1, 0.15) is 17.5 Å². The second kappa shape index (κ2) is 11.5. The molecule has 1 saturated carbocycles. The zero-order valence-electron chi connectivity index (χ0n) is 23.0. The van der Waals surface area contributed by atoms with E-state index in [0.29, 0.717) is 37.1 Å². The van der Waals surface area contributed by atoms with Crippen LogP contribution in [0.15, 0.2) is 97.1 Å². The largest absolute Gasteiger partial charge is 0.348 e. The molecule has 42 heavy (non-hydrogen) atoms. The maximum absolute atomic E-state index is 14.1. The van der Waals surface area contributed by atoms with E-state index in [0.717, 1.165) is 29.5 Å². The minimum absolute atomic E-state index is 0.135. The molecule has 1 saturated heterocycles. The number of amides is 2. The quantitative estimate of drug-likeness (QED) is 0.256. The number of nitrogens with one attached hydrogen (secondary N) is 1. The van der Waals surface area contributed by atoms with Crippen molar-refractivity contribution >= 4 is 11.8 Å². The van der Waals surface area contributed by atoms with Crippen LogP contribution in [0.3, 0.4) is 0 Å². The van der Waals surface area contributed by atoms with Crippen LogP contribution in [0.1, 0.15) is 53.2 Å². The third-order valence-corrected chi connectivity index (χ3v) is 8.63. The van der Waals surface area contributed by atoms with Gasteiger partial charge in [0.2, 0.25) is 5.91 Å². The SMILES string of the molecule is O=C(c1ccc(-c2ccc(F)cc2)cc1)N1CCC(C(=O)N[C@@H](c2cccc(F)c2)C2CC2)(c2ccc(F)cc2)CC1. The van der Waals surface area contributed by atoms with Gasteiger partial charge in [0.05, 0.1) is 11.5 Å². The van der Waals surface area contributed by atoms with Crippen LogP contribution in [-0.2, 0) is 10.2 Å². The second-order valence-electron chi connectivity index (χ2n) is 11.3. The summed E-state index contributed by atoms with van der Waals surface area (Å²) in [7, 11) is 0. The highest BCUT2D eigenvalue weighted by molar-refractivity contribution is 5.95. The van der Waals surface area contributed by atoms with Crippen molar-refractivity contribution in [1.29, 1.82) is 0 Å². The number of hydrogen-bond acceptors (Lipinski definition) is 2. The molecule has 1 N–H and O–H groups in total. The fraction of sp³-hybridized carbons (Fsp3) is 0.257. The number of benzene rings is 4. The van der Waals surface area contributed by atoms with Crippen LogP contribution in [0, 0.1) is 23.4 Å². The lowest BCUT2D eigenvalue weighted by Gasteiger charge is -2.42. The Morgan fingerprint density at radius 3 is 1.88 bits per heavy atom. The molecule has 0 bridgehead atoms. The van der Waals surface area contributed by atoms with Gasteiger partial charge >= 0.3 is 0 Å². The average Bonchev–Trinajstić information content (AvgIpc) is 3.86. The predicted octanol–water partition coefficient (Wildman–Crippen LogP) is 7.21. The zero-order chi connectivity index (χ0) is 29.3. The molecular weight excluding hydrogens is 537 g/mol. The van der Waals surface area contributed by atoms with Gasteiger partial charge in [0.25, 0.3) is 5.91 Å². The molecule has 4 nitrogen and oxygen atoms in total. The van der Waals surface area contributed by atoms with Crippen LogP contribution in [0.5, 0.6) is 0 Å². The molecule has 214 valence electrons. The van der Waals surface area contributed by atoms with Crippen molar-refractivity contribution in [2.45, 2.75) is 37.1 Å². The van der Waals surface area contributed by atoms with E-state index in [1.807, 2.05) is 18.2 Å². The average molecular weight is 569 g/mol. The van der Waals surface area contributed by atoms with Gasteiger partial charge in [-0.25, -0.2) is 13.2 Å². The molecule has 2 amide bonds. The molecule has 1 aliphatic carbocycles. The minimum Gasteiger partial charge on any atom is -0.348 e. The Morgan fingerprint density at radius 2 is 1.31 bits per heavy atom. The first-order valence-corrected chi connectivity index (χ1v) is 14.3. The Labute approximate surface area is 243 Å². The maximum atomic E-state index is 14.1. The summed E-state index contributed by atoms with van der Waals surface area (Å²) >= 11 is 0. The summed E-state index contributed by atoms with van der Waals surface area (Å²) in [5.74, 6) is -1.13. The number of likely N-dealkylation sites (tertiary alicyclic amines) is 1. The fourth-order valence-electron chi connectivity index (χ4n) is 6.02. The van der Waals surface area contributed by atoms with Gasteiger partial charge in [-0.15, -0.1) is 0 Å². The summed E-state index contributed by atoms with van der Waals surface area (Å²) in [5.41, 5.74) is 2.73. The summed E-state index contributed by atoms with van der Waals surface area (Å²) < 4.78 is 41.2. The molecule has 4 aromatic rings. The maximum Gasteiger partial charge on any atom is 0.253 e. The van der Waals surface area contributed by atoms with E-state index < -0.39 is 5.41 Å². The van der Waals surface area contributed by atoms with E-state index in [1.165, 1.54) is 36.4 Å². The van der Waals surface area contributed by atoms with Gasteiger partial charge in [-0.2, -0.15) is 0 Å². The van der Waals surface area contributed by atoms with E-state index in [2.05, 4.69) is 5.32 Å². The number of rotatable bonds is 7. The third kappa shape index (κ3) is 5.69. The van der Waals surface area contributed by atoms with Crippen molar-refractivity contribution in [2.75, 3.05) is 13.1 Å². The summed E-state index contributed by atoms with van der Waals surface area (Å²) in [6.45, 7) is 0.689. The van der Waals surface area contributed by atoms with Gasteiger partial charge in [0.15, 0.2) is 0 Å². The second-order valence-corrected chi connectivity index (χ2v) is 11.3. The predicted molar refractivity (Wildman–Crippen MR) is 155 cm³/mol. The molecule has 0 aromatic heterocycles. The van der Waals surface area contributed by atoms with E-state index in [-0.39, 0.29) is 41.2 Å². The molecule has 0 radical (unpaired) electrons. The molecule has 0 unspecified atom stereocenters. The Balaban J connectivity index is 1.21. The summed E-state index contributed by atoms with van der Waals surface area (Å²) in [6.07, 6.45) is 2.63. The summed E-state index contributed by atoms with van der Waals surface area (Å²) in [4.78, 5) is 29.3. The van der Waals surface area contributed by atoms with Crippen molar-refractivity contribution in [3.63, 3.8) is 0 Å².